The highest BCUT2D eigenvalue weighted by atomic mass is 16.8. The van der Waals surface area contributed by atoms with Crippen molar-refractivity contribution in [3.8, 4) is 23.7 Å². The Morgan fingerprint density at radius 1 is 0.495 bits per heavy atom. The van der Waals surface area contributed by atoms with Crippen LogP contribution in [0.15, 0.2) is 0 Å². The number of nitrogens with one attached hydrogen (secondary N) is 2. The number of nitrogens with zero attached hydrogens (tertiary/aromatic N) is 6. The Morgan fingerprint density at radius 2 is 0.874 bits per heavy atom. The van der Waals surface area contributed by atoms with Gasteiger partial charge in [-0.05, 0) is 61.2 Å². The van der Waals surface area contributed by atoms with Gasteiger partial charge in [0.25, 0.3) is 23.6 Å². The fraction of sp³-hybridized carbons (Fsp3) is 0.703. The van der Waals surface area contributed by atoms with Gasteiger partial charge in [0.15, 0.2) is 11.6 Å². The van der Waals surface area contributed by atoms with E-state index in [0.717, 1.165) is 51.4 Å². The van der Waals surface area contributed by atoms with E-state index in [1.807, 2.05) is 0 Å². The van der Waals surface area contributed by atoms with Crippen LogP contribution in [-0.2, 0) is 90.9 Å². The van der Waals surface area contributed by atoms with E-state index in [4.69, 9.17) is 23.8 Å². The lowest BCUT2D eigenvalue weighted by Gasteiger charge is -2.40. The summed E-state index contributed by atoms with van der Waals surface area (Å²) in [5.41, 5.74) is 0. The van der Waals surface area contributed by atoms with Crippen LogP contribution in [0.3, 0.4) is 0 Å². The molecule has 31 heteroatoms. The molecule has 4 aliphatic heterocycles. The third kappa shape index (κ3) is 22.5. The molecule has 0 bridgehead atoms. The first-order valence-corrected chi connectivity index (χ1v) is 32.6. The van der Waals surface area contributed by atoms with Gasteiger partial charge in [0.2, 0.25) is 17.9 Å². The zero-order valence-corrected chi connectivity index (χ0v) is 54.2. The van der Waals surface area contributed by atoms with Gasteiger partial charge in [-0.1, -0.05) is 32.8 Å². The molecule has 3 saturated carbocycles. The lowest BCUT2D eigenvalue weighted by atomic mass is 10.1. The Labute approximate surface area is 549 Å². The molecule has 5 aliphatic carbocycles. The molecule has 0 aromatic carbocycles. The minimum absolute atomic E-state index is 0.00938. The summed E-state index contributed by atoms with van der Waals surface area (Å²) >= 11 is 0. The lowest BCUT2D eigenvalue weighted by Crippen LogP contribution is -2.58. The Hall–Kier alpha value is -8.71. The standard InChI is InChI=1S/C29H40N4O9.C25H37N3O7.C10H9NO7/c1-19(2)28(38)40-17-20-15-32(14-13-31(20)16-27(37)42-33-25(35)9-10-26(33)36)24(34)11-12-30-29(39)41-18-23-21-7-5-3-4-6-8-22(21)23;1-17(2)24(32)34-15-18-13-28(12-11-27(18)14-23(30)31)22(29)9-10-26-25(33)35-16-21-19-7-5-3-4-6-8-20(19)21;12-5-1-2-6(13)9(5)17-10(16)18-11-7(14)3-4-8(11)15/h19-23H,5-18H2,1-2H3,(H,30,39);17-21H,5-16H2,1-2H3,(H,26,33)(H,30,31);9H,1-4H2/t20?,21-,22+,23?;18?,19-,20+,21?;. The van der Waals surface area contributed by atoms with Crippen molar-refractivity contribution in [2.24, 2.45) is 47.3 Å². The largest absolute Gasteiger partial charge is 0.535 e. The van der Waals surface area contributed by atoms with Gasteiger partial charge in [-0.2, -0.15) is 0 Å². The molecule has 0 aromatic rings. The fourth-order valence-corrected chi connectivity index (χ4v) is 12.3. The first kappa shape index (κ1) is 73.7. The molecule has 4 saturated heterocycles. The van der Waals surface area contributed by atoms with Crippen molar-refractivity contribution in [3.63, 3.8) is 0 Å². The number of carbonyl (C=O) groups is 15. The Balaban J connectivity index is 0.000000216. The smallest absolute Gasteiger partial charge is 0.480 e. The van der Waals surface area contributed by atoms with Crippen LogP contribution >= 0.6 is 0 Å². The maximum atomic E-state index is 12.9. The van der Waals surface area contributed by atoms with Crippen molar-refractivity contribution < 1.29 is 110 Å². The second-order valence-electron chi connectivity index (χ2n) is 25.2. The summed E-state index contributed by atoms with van der Waals surface area (Å²) in [5, 5.41) is 15.2. The van der Waals surface area contributed by atoms with Crippen LogP contribution in [0.25, 0.3) is 0 Å². The lowest BCUT2D eigenvalue weighted by molar-refractivity contribution is -0.199. The maximum Gasteiger partial charge on any atom is 0.535 e. The molecule has 4 unspecified atom stereocenters. The van der Waals surface area contributed by atoms with Gasteiger partial charge in [-0.3, -0.25) is 67.4 Å². The summed E-state index contributed by atoms with van der Waals surface area (Å²) in [6.45, 7) is 9.15. The number of alkyl carbamates (subject to hydrolysis) is 2. The quantitative estimate of drug-likeness (QED) is 0.0431. The van der Waals surface area contributed by atoms with Crippen molar-refractivity contribution in [1.29, 1.82) is 0 Å². The van der Waals surface area contributed by atoms with Crippen LogP contribution in [0.2, 0.25) is 0 Å². The Morgan fingerprint density at radius 3 is 1.25 bits per heavy atom. The molecule has 8 atom stereocenters. The van der Waals surface area contributed by atoms with Crippen molar-refractivity contribution in [2.75, 3.05) is 91.9 Å². The summed E-state index contributed by atoms with van der Waals surface area (Å²) in [7, 11) is 0. The Bertz CT molecular complexity index is 2920. The van der Waals surface area contributed by atoms with Gasteiger partial charge in [0, 0.05) is 129 Å². The molecular weight excluding hydrogens is 1250 g/mol. The van der Waals surface area contributed by atoms with E-state index in [1.54, 1.807) is 47.3 Å². The number of hydrogen-bond acceptors (Lipinski definition) is 24. The SMILES string of the molecule is CC(C)C(=O)OCC1CN(C(=O)CCNC(=O)OCC2[C@H]3CCC#CCC[C@@H]23)CCN1CC(=O)O.CC(C)C(=O)OCC1CN(C(=O)CCNC(=O)OCC2[C@H]3CCC#CCC[C@@H]23)CCN1CC(=O)ON1C(=O)CCC1=O.O=C(OC1C(=O)CCC1=O)ON1C(=O)CCC1=O. The van der Waals surface area contributed by atoms with E-state index in [9.17, 15) is 77.0 Å². The first-order valence-electron chi connectivity index (χ1n) is 32.6. The van der Waals surface area contributed by atoms with Gasteiger partial charge < -0.3 is 54.1 Å². The number of fused-ring (bicyclic) bond motifs is 2. The monoisotopic (exact) mass is 1330 g/mol. The van der Waals surface area contributed by atoms with Gasteiger partial charge in [0.05, 0.1) is 50.2 Å². The molecule has 520 valence electrons. The van der Waals surface area contributed by atoms with Crippen LogP contribution in [0.5, 0.6) is 0 Å². The third-order valence-corrected chi connectivity index (χ3v) is 17.9. The number of hydroxylamine groups is 4. The number of piperazine rings is 2. The van der Waals surface area contributed by atoms with E-state index in [0.29, 0.717) is 73.4 Å². The van der Waals surface area contributed by atoms with E-state index in [1.165, 1.54) is 0 Å². The maximum absolute atomic E-state index is 12.9. The highest BCUT2D eigenvalue weighted by molar-refractivity contribution is 6.12. The number of rotatable bonds is 23. The molecule has 4 heterocycles. The molecule has 7 fully saturated rings. The van der Waals surface area contributed by atoms with Gasteiger partial charge in [0.1, 0.15) is 13.2 Å². The van der Waals surface area contributed by atoms with Crippen molar-refractivity contribution >= 4 is 89.2 Å². The van der Waals surface area contributed by atoms with Crippen LogP contribution in [0, 0.1) is 71.0 Å². The topological polar surface area (TPSA) is 384 Å². The number of Topliss-reactive ketones (excluding diaryl/α,β-unsaturated/α-hetero) is 2. The van der Waals surface area contributed by atoms with Crippen molar-refractivity contribution in [3.05, 3.63) is 0 Å². The minimum atomic E-state index is -1.48. The Kier molecular flexibility index (Phi) is 27.7. The molecule has 31 nitrogen and oxygen atoms in total. The van der Waals surface area contributed by atoms with E-state index in [-0.39, 0.29) is 145 Å². The zero-order valence-electron chi connectivity index (χ0n) is 54.2. The second-order valence-corrected chi connectivity index (χ2v) is 25.2. The minimum Gasteiger partial charge on any atom is -0.480 e. The summed E-state index contributed by atoms with van der Waals surface area (Å²) in [5.74, 6) is 8.75. The first-order chi connectivity index (χ1) is 45.4. The summed E-state index contributed by atoms with van der Waals surface area (Å²) in [6, 6.07) is -0.910. The number of amides is 8. The van der Waals surface area contributed by atoms with E-state index >= 15 is 0 Å². The number of carboxylic acid groups (broad SMARTS) is 1. The van der Waals surface area contributed by atoms with Gasteiger partial charge >= 0.3 is 42.2 Å². The highest BCUT2D eigenvalue weighted by Gasteiger charge is 2.50. The predicted molar refractivity (Wildman–Crippen MR) is 323 cm³/mol. The second kappa shape index (κ2) is 35.7. The van der Waals surface area contributed by atoms with Crippen LogP contribution < -0.4 is 10.6 Å². The number of carbonyl (C=O) groups excluding carboxylic acids is 14. The molecule has 3 N–H and O–H groups in total. The molecule has 95 heavy (non-hydrogen) atoms. The van der Waals surface area contributed by atoms with E-state index < -0.39 is 89.6 Å². The number of esters is 2. The van der Waals surface area contributed by atoms with Crippen molar-refractivity contribution in [2.45, 2.75) is 149 Å². The third-order valence-electron chi connectivity index (χ3n) is 17.9. The summed E-state index contributed by atoms with van der Waals surface area (Å²) in [4.78, 5) is 193. The van der Waals surface area contributed by atoms with Gasteiger partial charge in [-0.25, -0.2) is 19.2 Å². The normalized spacial score (nSPS) is 24.7. The molecule has 0 aromatic heterocycles. The van der Waals surface area contributed by atoms with Gasteiger partial charge in [-0.15, -0.1) is 28.7 Å². The van der Waals surface area contributed by atoms with E-state index in [2.05, 4.69) is 43.9 Å². The molecule has 9 rings (SSSR count). The predicted octanol–water partition coefficient (Wildman–Crippen LogP) is 1.70. The van der Waals surface area contributed by atoms with Crippen LogP contribution in [0.4, 0.5) is 14.4 Å². The van der Waals surface area contributed by atoms with Crippen molar-refractivity contribution in [1.82, 2.24) is 40.4 Å². The summed E-state index contributed by atoms with van der Waals surface area (Å²) < 4.78 is 26.0. The number of hydrogen-bond donors (Lipinski definition) is 3. The molecule has 9 aliphatic rings. The molecule has 0 spiro atoms. The zero-order chi connectivity index (χ0) is 68.9. The average molecular weight is 1340 g/mol. The number of imide groups is 2. The number of ether oxygens (including phenoxy) is 5. The summed E-state index contributed by atoms with van der Waals surface area (Å²) in [6.07, 6.45) is 3.97. The fourth-order valence-electron chi connectivity index (χ4n) is 12.3. The van der Waals surface area contributed by atoms with Crippen LogP contribution in [-0.4, -0.2) is 234 Å². The number of ketones is 2. The average Bonchev–Trinajstić information content (AvgIpc) is 1.66. The molecular formula is C64H86N8O23. The molecule has 8 amide bonds. The highest BCUT2D eigenvalue weighted by Crippen LogP contribution is 2.53. The number of aliphatic carboxylic acids is 1. The number of carboxylic acids is 1. The molecule has 0 radical (unpaired) electrons. The van der Waals surface area contributed by atoms with Crippen LogP contribution in [0.1, 0.15) is 130 Å².